The molecule has 1 amide bonds. The molecule has 1 aromatic heterocycles. The maximum absolute atomic E-state index is 12.3. The van der Waals surface area contributed by atoms with Gasteiger partial charge >= 0.3 is 11.9 Å². The highest BCUT2D eigenvalue weighted by Crippen LogP contribution is 2.38. The minimum Gasteiger partial charge on any atom is -0.481 e. The van der Waals surface area contributed by atoms with Crippen LogP contribution in [0.1, 0.15) is 65.2 Å². The van der Waals surface area contributed by atoms with Gasteiger partial charge in [0.1, 0.15) is 11.9 Å². The second-order valence-corrected chi connectivity index (χ2v) is 7.95. The lowest BCUT2D eigenvalue weighted by molar-refractivity contribution is -0.140. The van der Waals surface area contributed by atoms with Gasteiger partial charge in [0.05, 0.1) is 5.69 Å². The molecule has 10 heteroatoms. The van der Waals surface area contributed by atoms with Gasteiger partial charge in [-0.2, -0.15) is 4.98 Å². The number of anilines is 2. The Bertz CT molecular complexity index is 1010. The molecule has 0 saturated heterocycles. The average Bonchev–Trinajstić information content (AvgIpc) is 3.14. The van der Waals surface area contributed by atoms with Crippen molar-refractivity contribution >= 4 is 29.6 Å². The number of benzene rings is 1. The lowest BCUT2D eigenvalue weighted by atomic mass is 9.94. The molecule has 170 valence electrons. The van der Waals surface area contributed by atoms with Crippen molar-refractivity contribution in [3.63, 3.8) is 0 Å². The summed E-state index contributed by atoms with van der Waals surface area (Å²) in [7, 11) is 0. The SMILES string of the molecule is Nc1nc(N)c2c(n1)CC[C@@H]2CCCc1ccc(C(=O)N[C@@H](CCC(=O)O)C(=O)O)cc1. The van der Waals surface area contributed by atoms with Crippen molar-refractivity contribution in [3.8, 4) is 0 Å². The largest absolute Gasteiger partial charge is 0.481 e. The van der Waals surface area contributed by atoms with Crippen molar-refractivity contribution in [1.82, 2.24) is 15.3 Å². The Hall–Kier alpha value is -3.69. The topological polar surface area (TPSA) is 182 Å². The normalized spacial score (nSPS) is 15.7. The zero-order valence-corrected chi connectivity index (χ0v) is 17.6. The van der Waals surface area contributed by atoms with Gasteiger partial charge in [-0.3, -0.25) is 9.59 Å². The van der Waals surface area contributed by atoms with Crippen LogP contribution < -0.4 is 16.8 Å². The highest BCUT2D eigenvalue weighted by atomic mass is 16.4. The number of amides is 1. The van der Waals surface area contributed by atoms with Crippen LogP contribution in [0.15, 0.2) is 24.3 Å². The van der Waals surface area contributed by atoms with Crippen LogP contribution >= 0.6 is 0 Å². The Balaban J connectivity index is 1.52. The Morgan fingerprint density at radius 3 is 2.50 bits per heavy atom. The number of rotatable bonds is 10. The molecule has 1 aliphatic rings. The van der Waals surface area contributed by atoms with Crippen molar-refractivity contribution < 1.29 is 24.6 Å². The van der Waals surface area contributed by atoms with Gasteiger partial charge in [0.15, 0.2) is 0 Å². The highest BCUT2D eigenvalue weighted by Gasteiger charge is 2.27. The van der Waals surface area contributed by atoms with Gasteiger partial charge in [0.25, 0.3) is 5.91 Å². The third-order valence-corrected chi connectivity index (χ3v) is 5.69. The van der Waals surface area contributed by atoms with Crippen molar-refractivity contribution in [2.45, 2.75) is 56.9 Å². The molecular formula is C22H27N5O5. The first kappa shape index (κ1) is 23.0. The smallest absolute Gasteiger partial charge is 0.326 e. The van der Waals surface area contributed by atoms with Gasteiger partial charge in [-0.05, 0) is 62.1 Å². The number of aryl methyl sites for hydroxylation is 2. The molecular weight excluding hydrogens is 414 g/mol. The van der Waals surface area contributed by atoms with Crippen molar-refractivity contribution in [2.24, 2.45) is 0 Å². The number of nitrogen functional groups attached to an aromatic ring is 2. The van der Waals surface area contributed by atoms with E-state index in [9.17, 15) is 19.5 Å². The number of nitrogens with zero attached hydrogens (tertiary/aromatic N) is 2. The second-order valence-electron chi connectivity index (χ2n) is 7.95. The van der Waals surface area contributed by atoms with Gasteiger partial charge < -0.3 is 27.0 Å². The molecule has 2 atom stereocenters. The molecule has 0 fully saturated rings. The Morgan fingerprint density at radius 1 is 1.12 bits per heavy atom. The Morgan fingerprint density at radius 2 is 1.84 bits per heavy atom. The zero-order chi connectivity index (χ0) is 23.3. The number of carboxylic acids is 2. The summed E-state index contributed by atoms with van der Waals surface area (Å²) in [6.45, 7) is 0. The van der Waals surface area contributed by atoms with Gasteiger partial charge in [-0.15, -0.1) is 0 Å². The summed E-state index contributed by atoms with van der Waals surface area (Å²) < 4.78 is 0. The number of hydrogen-bond donors (Lipinski definition) is 5. The number of nitrogens with one attached hydrogen (secondary N) is 1. The van der Waals surface area contributed by atoms with Crippen LogP contribution in [0, 0.1) is 0 Å². The predicted molar refractivity (Wildman–Crippen MR) is 117 cm³/mol. The number of fused-ring (bicyclic) bond motifs is 1. The lowest BCUT2D eigenvalue weighted by Crippen LogP contribution is -2.41. The van der Waals surface area contributed by atoms with Gasteiger partial charge in [-0.25, -0.2) is 9.78 Å². The van der Waals surface area contributed by atoms with Crippen LogP contribution in [0.25, 0.3) is 0 Å². The summed E-state index contributed by atoms with van der Waals surface area (Å²) in [5.41, 5.74) is 15.1. The van der Waals surface area contributed by atoms with E-state index in [2.05, 4.69) is 15.3 Å². The van der Waals surface area contributed by atoms with Crippen LogP contribution in [0.5, 0.6) is 0 Å². The first-order valence-electron chi connectivity index (χ1n) is 10.5. The number of hydrogen-bond acceptors (Lipinski definition) is 7. The number of carbonyl (C=O) groups is 3. The average molecular weight is 441 g/mol. The first-order chi connectivity index (χ1) is 15.2. The van der Waals surface area contributed by atoms with E-state index in [1.807, 2.05) is 12.1 Å². The number of aliphatic carboxylic acids is 2. The summed E-state index contributed by atoms with van der Waals surface area (Å²) in [5, 5.41) is 20.3. The molecule has 0 unspecified atom stereocenters. The monoisotopic (exact) mass is 441 g/mol. The maximum Gasteiger partial charge on any atom is 0.326 e. The van der Waals surface area contributed by atoms with Crippen LogP contribution in [-0.4, -0.2) is 44.1 Å². The fraction of sp³-hybridized carbons (Fsp3) is 0.409. The molecule has 32 heavy (non-hydrogen) atoms. The van der Waals surface area contributed by atoms with Crippen molar-refractivity contribution in [2.75, 3.05) is 11.5 Å². The molecule has 3 rings (SSSR count). The zero-order valence-electron chi connectivity index (χ0n) is 17.6. The summed E-state index contributed by atoms with van der Waals surface area (Å²) in [4.78, 5) is 42.6. The van der Waals surface area contributed by atoms with Crippen LogP contribution in [0.4, 0.5) is 11.8 Å². The van der Waals surface area contributed by atoms with Crippen LogP contribution in [0.3, 0.4) is 0 Å². The molecule has 1 aliphatic carbocycles. The fourth-order valence-corrected chi connectivity index (χ4v) is 4.08. The van der Waals surface area contributed by atoms with Crippen LogP contribution in [0.2, 0.25) is 0 Å². The fourth-order valence-electron chi connectivity index (χ4n) is 4.08. The Kier molecular flexibility index (Phi) is 7.24. The van der Waals surface area contributed by atoms with Gasteiger partial charge in [0.2, 0.25) is 5.95 Å². The molecule has 0 saturated carbocycles. The molecule has 0 spiro atoms. The first-order valence-corrected chi connectivity index (χ1v) is 10.5. The molecule has 1 heterocycles. The van der Waals surface area contributed by atoms with Gasteiger partial charge in [-0.1, -0.05) is 12.1 Å². The summed E-state index contributed by atoms with van der Waals surface area (Å²) in [6.07, 6.45) is 3.99. The van der Waals surface area contributed by atoms with E-state index in [1.165, 1.54) is 0 Å². The number of nitrogens with two attached hydrogens (primary N) is 2. The third-order valence-electron chi connectivity index (χ3n) is 5.69. The van der Waals surface area contributed by atoms with E-state index in [0.717, 1.165) is 48.9 Å². The molecule has 10 nitrogen and oxygen atoms in total. The van der Waals surface area contributed by atoms with E-state index in [0.29, 0.717) is 17.3 Å². The van der Waals surface area contributed by atoms with E-state index < -0.39 is 23.9 Å². The maximum atomic E-state index is 12.3. The number of carbonyl (C=O) groups excluding carboxylic acids is 1. The van der Waals surface area contributed by atoms with E-state index in [1.54, 1.807) is 12.1 Å². The van der Waals surface area contributed by atoms with Crippen molar-refractivity contribution in [1.29, 1.82) is 0 Å². The molecule has 0 aliphatic heterocycles. The molecule has 1 aromatic carbocycles. The van der Waals surface area contributed by atoms with E-state index >= 15 is 0 Å². The third kappa shape index (κ3) is 5.71. The van der Waals surface area contributed by atoms with E-state index in [-0.39, 0.29) is 18.8 Å². The molecule has 0 radical (unpaired) electrons. The van der Waals surface area contributed by atoms with Crippen LogP contribution in [-0.2, 0) is 22.4 Å². The minimum absolute atomic E-state index is 0.180. The number of carboxylic acid groups (broad SMARTS) is 2. The lowest BCUT2D eigenvalue weighted by Gasteiger charge is -2.14. The predicted octanol–water partition coefficient (Wildman–Crippen LogP) is 1.74. The van der Waals surface area contributed by atoms with Gasteiger partial charge in [0, 0.05) is 17.5 Å². The second kappa shape index (κ2) is 10.1. The van der Waals surface area contributed by atoms with Crippen molar-refractivity contribution in [3.05, 3.63) is 46.6 Å². The molecule has 7 N–H and O–H groups in total. The molecule has 0 bridgehead atoms. The molecule has 2 aromatic rings. The number of aromatic nitrogens is 2. The standard InChI is InChI=1S/C22H27N5O5/c23-19-18-13(8-9-15(18)26-22(24)27-19)3-1-2-12-4-6-14(7-5-12)20(30)25-16(21(31)32)10-11-17(28)29/h4-7,13,16H,1-3,8-11H2,(H,25,30)(H,28,29)(H,31,32)(H4,23,24,26,27)/t13-,16-/m0/s1. The Labute approximate surface area is 185 Å². The quantitative estimate of drug-likeness (QED) is 0.367. The summed E-state index contributed by atoms with van der Waals surface area (Å²) in [5.74, 6) is -1.94. The summed E-state index contributed by atoms with van der Waals surface area (Å²) >= 11 is 0. The summed E-state index contributed by atoms with van der Waals surface area (Å²) in [6, 6.07) is 5.70. The van der Waals surface area contributed by atoms with E-state index in [4.69, 9.17) is 16.6 Å². The highest BCUT2D eigenvalue weighted by molar-refractivity contribution is 5.96. The minimum atomic E-state index is -1.27.